The van der Waals surface area contributed by atoms with Crippen molar-refractivity contribution in [2.24, 2.45) is 0 Å². The number of aromatic nitrogens is 2. The van der Waals surface area contributed by atoms with Gasteiger partial charge < -0.3 is 14.1 Å². The van der Waals surface area contributed by atoms with Gasteiger partial charge in [-0.2, -0.15) is 0 Å². The van der Waals surface area contributed by atoms with Gasteiger partial charge in [0.2, 0.25) is 0 Å². The smallest absolute Gasteiger partial charge is 0.355 e. The maximum absolute atomic E-state index is 12.8. The van der Waals surface area contributed by atoms with Crippen LogP contribution in [0, 0.1) is 6.92 Å². The fourth-order valence-corrected chi connectivity index (χ4v) is 3.72. The Bertz CT molecular complexity index is 1140. The van der Waals surface area contributed by atoms with Crippen LogP contribution in [-0.2, 0) is 11.3 Å². The zero-order valence-corrected chi connectivity index (χ0v) is 18.6. The first-order valence-electron chi connectivity index (χ1n) is 10.6. The van der Waals surface area contributed by atoms with Crippen molar-refractivity contribution < 1.29 is 13.9 Å². The molecule has 4 heterocycles. The van der Waals surface area contributed by atoms with Gasteiger partial charge in [-0.05, 0) is 70.0 Å². The van der Waals surface area contributed by atoms with Crippen molar-refractivity contribution in [2.75, 3.05) is 13.1 Å². The lowest BCUT2D eigenvalue weighted by molar-refractivity contribution is 0.00617. The summed E-state index contributed by atoms with van der Waals surface area (Å²) in [6, 6.07) is 7.84. The number of nitrogens with zero attached hydrogens (tertiary/aromatic N) is 2. The van der Waals surface area contributed by atoms with Gasteiger partial charge in [0.25, 0.3) is 0 Å². The summed E-state index contributed by atoms with van der Waals surface area (Å²) in [5.74, 6) is 1.44. The highest BCUT2D eigenvalue weighted by molar-refractivity contribution is 5.97. The molecule has 0 saturated heterocycles. The van der Waals surface area contributed by atoms with Crippen molar-refractivity contribution in [1.82, 2.24) is 14.9 Å². The van der Waals surface area contributed by atoms with Crippen molar-refractivity contribution in [1.29, 1.82) is 0 Å². The molecule has 0 amide bonds. The molecule has 0 bridgehead atoms. The fourth-order valence-electron chi connectivity index (χ4n) is 3.72. The van der Waals surface area contributed by atoms with E-state index in [2.05, 4.69) is 27.0 Å². The second kappa shape index (κ2) is 8.55. The average molecular weight is 420 g/mol. The van der Waals surface area contributed by atoms with Gasteiger partial charge in [0, 0.05) is 36.8 Å². The third-order valence-electron chi connectivity index (χ3n) is 5.21. The van der Waals surface area contributed by atoms with Gasteiger partial charge in [-0.1, -0.05) is 12.2 Å². The first-order valence-corrected chi connectivity index (χ1v) is 10.6. The van der Waals surface area contributed by atoms with Gasteiger partial charge in [-0.15, -0.1) is 0 Å². The molecule has 31 heavy (non-hydrogen) atoms. The van der Waals surface area contributed by atoms with Gasteiger partial charge >= 0.3 is 5.97 Å². The Kier molecular flexibility index (Phi) is 5.83. The summed E-state index contributed by atoms with van der Waals surface area (Å²) in [7, 11) is 0. The Morgan fingerprint density at radius 3 is 2.81 bits per heavy atom. The van der Waals surface area contributed by atoms with E-state index in [1.807, 2.05) is 58.0 Å². The molecule has 0 saturated carbocycles. The lowest BCUT2D eigenvalue weighted by Gasteiger charge is -2.26. The van der Waals surface area contributed by atoms with Crippen LogP contribution in [0.2, 0.25) is 0 Å². The number of fused-ring (bicyclic) bond motifs is 1. The highest BCUT2D eigenvalue weighted by Gasteiger charge is 2.25. The number of carbonyl (C=O) groups excluding carboxylic acids is 1. The first kappa shape index (κ1) is 21.1. The van der Waals surface area contributed by atoms with Crippen LogP contribution in [-0.4, -0.2) is 39.5 Å². The topological polar surface area (TPSA) is 71.4 Å². The van der Waals surface area contributed by atoms with Crippen molar-refractivity contribution in [3.05, 3.63) is 71.0 Å². The molecular formula is C25H29N3O3. The molecule has 3 aromatic heterocycles. The predicted molar refractivity (Wildman–Crippen MR) is 122 cm³/mol. The largest absolute Gasteiger partial charge is 0.462 e. The molecule has 1 aliphatic heterocycles. The highest BCUT2D eigenvalue weighted by Crippen LogP contribution is 2.26. The third kappa shape index (κ3) is 5.14. The Morgan fingerprint density at radius 1 is 1.29 bits per heavy atom. The zero-order chi connectivity index (χ0) is 22.0. The molecule has 0 spiro atoms. The van der Waals surface area contributed by atoms with Crippen molar-refractivity contribution in [2.45, 2.75) is 46.3 Å². The number of pyridine rings is 1. The van der Waals surface area contributed by atoms with E-state index in [1.165, 1.54) is 5.57 Å². The molecule has 162 valence electrons. The molecule has 6 nitrogen and oxygen atoms in total. The highest BCUT2D eigenvalue weighted by atomic mass is 16.6. The molecule has 0 fully saturated rings. The molecule has 1 N–H and O–H groups in total. The molecule has 0 atom stereocenters. The number of ether oxygens (including phenoxy) is 1. The maximum Gasteiger partial charge on any atom is 0.355 e. The van der Waals surface area contributed by atoms with Gasteiger partial charge in [0.1, 0.15) is 28.5 Å². The van der Waals surface area contributed by atoms with Crippen LogP contribution >= 0.6 is 0 Å². The Balaban J connectivity index is 1.51. The summed E-state index contributed by atoms with van der Waals surface area (Å²) in [6.07, 6.45) is 9.04. The van der Waals surface area contributed by atoms with Gasteiger partial charge in [0.15, 0.2) is 0 Å². The second-order valence-corrected chi connectivity index (χ2v) is 8.93. The van der Waals surface area contributed by atoms with E-state index in [-0.39, 0.29) is 5.97 Å². The number of nitrogens with one attached hydrogen (secondary N) is 1. The number of furan rings is 1. The monoisotopic (exact) mass is 419 g/mol. The molecular weight excluding hydrogens is 390 g/mol. The molecule has 3 aromatic rings. The number of aryl methyl sites for hydroxylation is 1. The van der Waals surface area contributed by atoms with Crippen LogP contribution in [0.25, 0.3) is 17.1 Å². The summed E-state index contributed by atoms with van der Waals surface area (Å²) in [6.45, 7) is 9.96. The number of hydrogen-bond donors (Lipinski definition) is 1. The Labute approximate surface area is 182 Å². The SMILES string of the molecule is Cc1ccc(C=CC2=CCN(Cc3c(C(=O)OC(C)(C)C)[nH]c4ncccc34)CC2)o1. The van der Waals surface area contributed by atoms with Crippen LogP contribution in [0.15, 0.2) is 52.6 Å². The second-order valence-electron chi connectivity index (χ2n) is 8.93. The van der Waals surface area contributed by atoms with E-state index in [0.29, 0.717) is 17.9 Å². The quantitative estimate of drug-likeness (QED) is 0.571. The van der Waals surface area contributed by atoms with E-state index in [1.54, 1.807) is 6.20 Å². The van der Waals surface area contributed by atoms with E-state index in [4.69, 9.17) is 9.15 Å². The minimum atomic E-state index is -0.555. The normalized spacial score (nSPS) is 15.5. The van der Waals surface area contributed by atoms with Crippen LogP contribution < -0.4 is 0 Å². The third-order valence-corrected chi connectivity index (χ3v) is 5.21. The van der Waals surface area contributed by atoms with E-state index < -0.39 is 5.60 Å². The summed E-state index contributed by atoms with van der Waals surface area (Å²) in [5, 5.41) is 0.964. The van der Waals surface area contributed by atoms with Gasteiger partial charge in [-0.3, -0.25) is 4.90 Å². The molecule has 1 aliphatic rings. The minimum absolute atomic E-state index is 0.342. The summed E-state index contributed by atoms with van der Waals surface area (Å²) >= 11 is 0. The summed E-state index contributed by atoms with van der Waals surface area (Å²) in [4.78, 5) is 22.7. The van der Waals surface area contributed by atoms with Gasteiger partial charge in [0.05, 0.1) is 0 Å². The zero-order valence-electron chi connectivity index (χ0n) is 18.6. The fraction of sp³-hybridized carbons (Fsp3) is 0.360. The number of hydrogen-bond acceptors (Lipinski definition) is 5. The number of rotatable bonds is 5. The lowest BCUT2D eigenvalue weighted by Crippen LogP contribution is -2.29. The van der Waals surface area contributed by atoms with Crippen molar-refractivity contribution >= 4 is 23.1 Å². The molecule has 0 aliphatic carbocycles. The molecule has 0 unspecified atom stereocenters. The Hall–Kier alpha value is -3.12. The van der Waals surface area contributed by atoms with E-state index >= 15 is 0 Å². The van der Waals surface area contributed by atoms with Crippen LogP contribution in [0.1, 0.15) is 54.8 Å². The lowest BCUT2D eigenvalue weighted by atomic mass is 10.1. The van der Waals surface area contributed by atoms with Gasteiger partial charge in [-0.25, -0.2) is 9.78 Å². The number of H-pyrrole nitrogens is 1. The molecule has 4 rings (SSSR count). The number of allylic oxidation sites excluding steroid dienone is 1. The first-order chi connectivity index (χ1) is 14.8. The van der Waals surface area contributed by atoms with Crippen LogP contribution in [0.5, 0.6) is 0 Å². The van der Waals surface area contributed by atoms with E-state index in [0.717, 1.165) is 42.0 Å². The molecule has 0 radical (unpaired) electrons. The predicted octanol–water partition coefficient (Wildman–Crippen LogP) is 5.27. The van der Waals surface area contributed by atoms with Crippen molar-refractivity contribution in [3.8, 4) is 0 Å². The number of esters is 1. The minimum Gasteiger partial charge on any atom is -0.462 e. The number of carbonyl (C=O) groups is 1. The summed E-state index contributed by atoms with van der Waals surface area (Å²) < 4.78 is 11.2. The summed E-state index contributed by atoms with van der Waals surface area (Å²) in [5.41, 5.74) is 2.88. The standard InChI is InChI=1S/C25H29N3O3/c1-17-7-9-19(30-17)10-8-18-11-14-28(15-12-18)16-21-20-6-5-13-26-23(20)27-22(21)24(29)31-25(2,3)4/h5-11,13H,12,14-16H2,1-4H3,(H,26,27). The number of aromatic amines is 1. The average Bonchev–Trinajstić information content (AvgIpc) is 3.30. The van der Waals surface area contributed by atoms with Crippen LogP contribution in [0.3, 0.4) is 0 Å². The van der Waals surface area contributed by atoms with Crippen LogP contribution in [0.4, 0.5) is 0 Å². The van der Waals surface area contributed by atoms with E-state index in [9.17, 15) is 4.79 Å². The van der Waals surface area contributed by atoms with Crippen molar-refractivity contribution in [3.63, 3.8) is 0 Å². The molecule has 6 heteroatoms. The maximum atomic E-state index is 12.8. The Morgan fingerprint density at radius 2 is 2.13 bits per heavy atom. The molecule has 0 aromatic carbocycles.